The summed E-state index contributed by atoms with van der Waals surface area (Å²) in [4.78, 5) is 4.14. The average Bonchev–Trinajstić information content (AvgIpc) is 2.84. The van der Waals surface area contributed by atoms with Gasteiger partial charge in [-0.2, -0.15) is 5.10 Å². The predicted molar refractivity (Wildman–Crippen MR) is 45.0 cm³/mol. The molecule has 0 amide bonds. The average molecular weight is 159 g/mol. The van der Waals surface area contributed by atoms with Gasteiger partial charge in [-0.1, -0.05) is 0 Å². The van der Waals surface area contributed by atoms with Gasteiger partial charge in [-0.15, -0.1) is 0 Å². The first kappa shape index (κ1) is 6.17. The molecule has 0 spiro atoms. The highest BCUT2D eigenvalue weighted by molar-refractivity contribution is 5.41. The van der Waals surface area contributed by atoms with Crippen LogP contribution in [0, 0.1) is 0 Å². The maximum atomic E-state index is 4.14. The van der Waals surface area contributed by atoms with Gasteiger partial charge in [-0.25, -0.2) is 9.50 Å². The van der Waals surface area contributed by atoms with Gasteiger partial charge in [-0.05, 0) is 36.5 Å². The Morgan fingerprint density at radius 1 is 1.42 bits per heavy atom. The zero-order valence-electron chi connectivity index (χ0n) is 6.64. The van der Waals surface area contributed by atoms with Gasteiger partial charge in [0.15, 0.2) is 5.65 Å². The first-order valence-electron chi connectivity index (χ1n) is 4.23. The first-order valence-corrected chi connectivity index (χ1v) is 4.23. The van der Waals surface area contributed by atoms with E-state index in [1.807, 2.05) is 6.20 Å². The second-order valence-corrected chi connectivity index (χ2v) is 3.30. The molecule has 60 valence electrons. The smallest absolute Gasteiger partial charge is 0.155 e. The molecule has 0 unspecified atom stereocenters. The molecule has 1 saturated carbocycles. The van der Waals surface area contributed by atoms with Gasteiger partial charge in [0.05, 0.1) is 0 Å². The van der Waals surface area contributed by atoms with Crippen LogP contribution in [0.2, 0.25) is 0 Å². The monoisotopic (exact) mass is 159 g/mol. The lowest BCUT2D eigenvalue weighted by Crippen LogP contribution is -1.88. The molecule has 0 N–H and O–H groups in total. The summed E-state index contributed by atoms with van der Waals surface area (Å²) < 4.78 is 1.80. The van der Waals surface area contributed by atoms with E-state index in [1.54, 1.807) is 10.8 Å². The minimum atomic E-state index is 0.798. The van der Waals surface area contributed by atoms with Gasteiger partial charge >= 0.3 is 0 Å². The maximum absolute atomic E-state index is 4.14. The van der Waals surface area contributed by atoms with Gasteiger partial charge < -0.3 is 0 Å². The lowest BCUT2D eigenvalue weighted by molar-refractivity contribution is 0.950. The molecular formula is C9H9N3. The number of fused-ring (bicyclic) bond motifs is 1. The molecule has 12 heavy (non-hydrogen) atoms. The van der Waals surface area contributed by atoms with Gasteiger partial charge in [0.25, 0.3) is 0 Å². The second kappa shape index (κ2) is 2.06. The summed E-state index contributed by atoms with van der Waals surface area (Å²) in [6.07, 6.45) is 6.25. The van der Waals surface area contributed by atoms with E-state index in [-0.39, 0.29) is 0 Å². The fourth-order valence-electron chi connectivity index (χ4n) is 1.50. The molecule has 1 fully saturated rings. The molecular weight excluding hydrogens is 150 g/mol. The molecule has 2 aromatic rings. The van der Waals surface area contributed by atoms with Gasteiger partial charge in [-0.3, -0.25) is 0 Å². The summed E-state index contributed by atoms with van der Waals surface area (Å²) in [6, 6.07) is 4.27. The van der Waals surface area contributed by atoms with Crippen molar-refractivity contribution in [3.8, 4) is 0 Å². The number of rotatable bonds is 1. The van der Waals surface area contributed by atoms with E-state index < -0.39 is 0 Å². The van der Waals surface area contributed by atoms with Crippen molar-refractivity contribution in [2.45, 2.75) is 18.8 Å². The van der Waals surface area contributed by atoms with E-state index in [1.165, 1.54) is 18.4 Å². The Bertz CT molecular complexity index is 414. The van der Waals surface area contributed by atoms with Crippen LogP contribution >= 0.6 is 0 Å². The van der Waals surface area contributed by atoms with Crippen LogP contribution in [0.1, 0.15) is 24.3 Å². The molecule has 2 heterocycles. The third-order valence-corrected chi connectivity index (χ3v) is 2.35. The Morgan fingerprint density at radius 3 is 3.17 bits per heavy atom. The van der Waals surface area contributed by atoms with Crippen molar-refractivity contribution in [3.63, 3.8) is 0 Å². The molecule has 0 aromatic carbocycles. The minimum absolute atomic E-state index is 0.798. The third-order valence-electron chi connectivity index (χ3n) is 2.35. The Balaban J connectivity index is 2.21. The summed E-state index contributed by atoms with van der Waals surface area (Å²) in [5.41, 5.74) is 2.37. The van der Waals surface area contributed by atoms with Crippen LogP contribution in [-0.2, 0) is 0 Å². The summed E-state index contributed by atoms with van der Waals surface area (Å²) in [7, 11) is 0. The van der Waals surface area contributed by atoms with Crippen molar-refractivity contribution in [1.29, 1.82) is 0 Å². The molecule has 0 radical (unpaired) electrons. The first-order chi connectivity index (χ1) is 5.93. The topological polar surface area (TPSA) is 30.2 Å². The molecule has 3 nitrogen and oxygen atoms in total. The normalized spacial score (nSPS) is 17.0. The van der Waals surface area contributed by atoms with Crippen LogP contribution in [0.3, 0.4) is 0 Å². The summed E-state index contributed by atoms with van der Waals surface area (Å²) in [5.74, 6) is 0.798. The second-order valence-electron chi connectivity index (χ2n) is 3.30. The lowest BCUT2D eigenvalue weighted by Gasteiger charge is -1.96. The molecule has 3 heteroatoms. The standard InChI is InChI=1S/C9H9N3/c1-2-7(1)8-3-4-12-9(5-8)10-6-11-12/h3-7H,1-2H2. The highest BCUT2D eigenvalue weighted by atomic mass is 15.3. The Kier molecular flexibility index (Phi) is 1.06. The summed E-state index contributed by atoms with van der Waals surface area (Å²) in [6.45, 7) is 0. The molecule has 0 bridgehead atoms. The summed E-state index contributed by atoms with van der Waals surface area (Å²) >= 11 is 0. The van der Waals surface area contributed by atoms with Crippen LogP contribution in [0.4, 0.5) is 0 Å². The quantitative estimate of drug-likeness (QED) is 0.632. The number of pyridine rings is 1. The molecule has 0 saturated heterocycles. The largest absolute Gasteiger partial charge is 0.221 e. The molecule has 0 atom stereocenters. The zero-order chi connectivity index (χ0) is 7.97. The van der Waals surface area contributed by atoms with Crippen molar-refractivity contribution < 1.29 is 0 Å². The summed E-state index contributed by atoms with van der Waals surface area (Å²) in [5, 5.41) is 4.05. The van der Waals surface area contributed by atoms with E-state index in [2.05, 4.69) is 22.2 Å². The predicted octanol–water partition coefficient (Wildman–Crippen LogP) is 1.61. The third kappa shape index (κ3) is 0.826. The van der Waals surface area contributed by atoms with E-state index in [0.717, 1.165) is 11.6 Å². The van der Waals surface area contributed by atoms with Crippen molar-refractivity contribution in [2.75, 3.05) is 0 Å². The molecule has 2 aromatic heterocycles. The van der Waals surface area contributed by atoms with Crippen molar-refractivity contribution >= 4 is 5.65 Å². The van der Waals surface area contributed by atoms with Crippen molar-refractivity contribution in [1.82, 2.24) is 14.6 Å². The number of nitrogens with zero attached hydrogens (tertiary/aromatic N) is 3. The van der Waals surface area contributed by atoms with Crippen LogP contribution in [0.25, 0.3) is 5.65 Å². The van der Waals surface area contributed by atoms with E-state index in [4.69, 9.17) is 0 Å². The Morgan fingerprint density at radius 2 is 2.33 bits per heavy atom. The highest BCUT2D eigenvalue weighted by Gasteiger charge is 2.23. The number of hydrogen-bond acceptors (Lipinski definition) is 2. The SMILES string of the molecule is c1nc2cc(C3CC3)ccn2n1. The van der Waals surface area contributed by atoms with Gasteiger partial charge in [0.2, 0.25) is 0 Å². The highest BCUT2D eigenvalue weighted by Crippen LogP contribution is 2.39. The van der Waals surface area contributed by atoms with Crippen molar-refractivity contribution in [3.05, 3.63) is 30.2 Å². The molecule has 1 aliphatic rings. The zero-order valence-corrected chi connectivity index (χ0v) is 6.64. The van der Waals surface area contributed by atoms with E-state index >= 15 is 0 Å². The Hall–Kier alpha value is -1.38. The van der Waals surface area contributed by atoms with Gasteiger partial charge in [0, 0.05) is 6.20 Å². The fraction of sp³-hybridized carbons (Fsp3) is 0.333. The van der Waals surface area contributed by atoms with E-state index in [9.17, 15) is 0 Å². The maximum Gasteiger partial charge on any atom is 0.155 e. The van der Waals surface area contributed by atoms with Crippen LogP contribution in [0.15, 0.2) is 24.7 Å². The van der Waals surface area contributed by atoms with Crippen LogP contribution in [-0.4, -0.2) is 14.6 Å². The molecule has 1 aliphatic carbocycles. The van der Waals surface area contributed by atoms with Gasteiger partial charge in [0.1, 0.15) is 6.33 Å². The lowest BCUT2D eigenvalue weighted by atomic mass is 10.2. The minimum Gasteiger partial charge on any atom is -0.221 e. The van der Waals surface area contributed by atoms with Crippen molar-refractivity contribution in [2.24, 2.45) is 0 Å². The van der Waals surface area contributed by atoms with E-state index in [0.29, 0.717) is 0 Å². The Labute approximate surface area is 70.0 Å². The van der Waals surface area contributed by atoms with Crippen LogP contribution < -0.4 is 0 Å². The van der Waals surface area contributed by atoms with Crippen LogP contribution in [0.5, 0.6) is 0 Å². The number of aromatic nitrogens is 3. The fourth-order valence-corrected chi connectivity index (χ4v) is 1.50. The molecule has 3 rings (SSSR count). The number of hydrogen-bond donors (Lipinski definition) is 0. The molecule has 0 aliphatic heterocycles.